The molecule has 0 bridgehead atoms. The first-order valence-electron chi connectivity index (χ1n) is 5.33. The Morgan fingerprint density at radius 3 is 2.33 bits per heavy atom. The minimum Gasteiger partial charge on any atom is -0.509 e. The fourth-order valence-corrected chi connectivity index (χ4v) is 2.60. The van der Waals surface area contributed by atoms with E-state index >= 15 is 0 Å². The molecule has 1 aliphatic carbocycles. The molecule has 0 radical (unpaired) electrons. The van der Waals surface area contributed by atoms with E-state index in [2.05, 4.69) is 0 Å². The molecule has 18 heavy (non-hydrogen) atoms. The third-order valence-electron chi connectivity index (χ3n) is 2.86. The first-order valence-corrected chi connectivity index (χ1v) is 6.41. The lowest BCUT2D eigenvalue weighted by molar-refractivity contribution is 0.209. The molecule has 1 aromatic rings. The summed E-state index contributed by atoms with van der Waals surface area (Å²) in [5.74, 6) is -0.362. The molecule has 5 heteroatoms. The summed E-state index contributed by atoms with van der Waals surface area (Å²) < 4.78 is 22.3. The number of allylic oxidation sites excluding steroid dienone is 2. The highest BCUT2D eigenvalue weighted by molar-refractivity contribution is 7.73. The maximum atomic E-state index is 11.1. The van der Waals surface area contributed by atoms with Gasteiger partial charge in [0.05, 0.1) is 0 Å². The summed E-state index contributed by atoms with van der Waals surface area (Å²) in [6, 6.07) is 9.10. The van der Waals surface area contributed by atoms with Gasteiger partial charge in [-0.3, -0.25) is 0 Å². The van der Waals surface area contributed by atoms with E-state index in [1.165, 1.54) is 6.08 Å². The van der Waals surface area contributed by atoms with Gasteiger partial charge in [-0.1, -0.05) is 30.3 Å². The highest BCUT2D eigenvalue weighted by Gasteiger charge is 2.27. The summed E-state index contributed by atoms with van der Waals surface area (Å²) in [5.41, 5.74) is 1.83. The van der Waals surface area contributed by atoms with Crippen LogP contribution in [0.2, 0.25) is 0 Å². The summed E-state index contributed by atoms with van der Waals surface area (Å²) in [7, 11) is -2.57. The second kappa shape index (κ2) is 4.80. The van der Waals surface area contributed by atoms with Gasteiger partial charge in [-0.05, 0) is 29.7 Å². The number of hydrogen-bond donors (Lipinski definition) is 2. The summed E-state index contributed by atoms with van der Waals surface area (Å²) >= 11 is 0. The third kappa shape index (κ3) is 2.10. The molecular weight excluding hydrogens is 252 g/mol. The molecule has 0 saturated carbocycles. The topological polar surface area (TPSA) is 74.6 Å². The van der Waals surface area contributed by atoms with Crippen molar-refractivity contribution in [1.29, 1.82) is 0 Å². The summed E-state index contributed by atoms with van der Waals surface area (Å²) in [6.07, 6.45) is -0.0816. The van der Waals surface area contributed by atoms with E-state index in [1.807, 2.05) is 30.3 Å². The van der Waals surface area contributed by atoms with Crippen LogP contribution in [0, 0.1) is 0 Å². The number of aliphatic hydroxyl groups is 2. The van der Waals surface area contributed by atoms with E-state index in [0.717, 1.165) is 5.56 Å². The zero-order valence-electron chi connectivity index (χ0n) is 9.66. The maximum Gasteiger partial charge on any atom is 0.220 e. The molecule has 4 nitrogen and oxygen atoms in total. The maximum absolute atomic E-state index is 11.1. The quantitative estimate of drug-likeness (QED) is 0.750. The van der Waals surface area contributed by atoms with Crippen molar-refractivity contribution in [2.24, 2.45) is 0 Å². The van der Waals surface area contributed by atoms with Gasteiger partial charge in [-0.2, -0.15) is 8.42 Å². The first-order chi connectivity index (χ1) is 8.52. The lowest BCUT2D eigenvalue weighted by atomic mass is 9.91. The minimum atomic E-state index is -2.57. The fraction of sp³-hybridized carbons (Fsp3) is 0.154. The molecule has 94 valence electrons. The Labute approximate surface area is 106 Å². The Morgan fingerprint density at radius 2 is 1.78 bits per heavy atom. The monoisotopic (exact) mass is 264 g/mol. The van der Waals surface area contributed by atoms with Crippen molar-refractivity contribution in [3.63, 3.8) is 0 Å². The van der Waals surface area contributed by atoms with Crippen LogP contribution in [0.25, 0.3) is 5.57 Å². The van der Waals surface area contributed by atoms with Gasteiger partial charge in [-0.15, -0.1) is 0 Å². The van der Waals surface area contributed by atoms with E-state index in [4.69, 9.17) is 0 Å². The van der Waals surface area contributed by atoms with E-state index in [1.54, 1.807) is 6.92 Å². The molecule has 2 rings (SSSR count). The molecule has 0 heterocycles. The molecule has 1 unspecified atom stereocenters. The molecule has 0 amide bonds. The van der Waals surface area contributed by atoms with Crippen molar-refractivity contribution >= 4 is 20.7 Å². The van der Waals surface area contributed by atoms with Crippen molar-refractivity contribution in [3.8, 4) is 0 Å². The Morgan fingerprint density at radius 1 is 1.17 bits per heavy atom. The smallest absolute Gasteiger partial charge is 0.220 e. The van der Waals surface area contributed by atoms with Crippen LogP contribution >= 0.6 is 0 Å². The molecule has 0 fully saturated rings. The predicted octanol–water partition coefficient (Wildman–Crippen LogP) is 1.33. The lowest BCUT2D eigenvalue weighted by Gasteiger charge is -2.20. The number of benzene rings is 1. The molecule has 1 atom stereocenters. The number of aliphatic hydroxyl groups excluding tert-OH is 2. The van der Waals surface area contributed by atoms with Gasteiger partial charge in [-0.25, -0.2) is 0 Å². The second-order valence-corrected chi connectivity index (χ2v) is 4.88. The predicted molar refractivity (Wildman–Crippen MR) is 69.7 cm³/mol. The number of hydrogen-bond acceptors (Lipinski definition) is 4. The van der Waals surface area contributed by atoms with Crippen LogP contribution < -0.4 is 0 Å². The second-order valence-electron chi connectivity index (χ2n) is 3.98. The summed E-state index contributed by atoms with van der Waals surface area (Å²) in [6.45, 7) is 1.61. The lowest BCUT2D eigenvalue weighted by Crippen LogP contribution is -2.28. The van der Waals surface area contributed by atoms with E-state index in [9.17, 15) is 18.6 Å². The average molecular weight is 264 g/mol. The molecule has 1 aromatic carbocycles. The highest BCUT2D eigenvalue weighted by Crippen LogP contribution is 2.28. The Bertz CT molecular complexity index is 658. The Hall–Kier alpha value is -1.85. The van der Waals surface area contributed by atoms with Crippen molar-refractivity contribution in [2.75, 3.05) is 0 Å². The average Bonchev–Trinajstić information content (AvgIpc) is 2.34. The number of rotatable bonds is 1. The van der Waals surface area contributed by atoms with Crippen LogP contribution in [0.4, 0.5) is 0 Å². The first kappa shape index (κ1) is 12.6. The third-order valence-corrected chi connectivity index (χ3v) is 3.75. The van der Waals surface area contributed by atoms with Crippen LogP contribution in [0.5, 0.6) is 0 Å². The molecule has 1 aliphatic rings. The standard InChI is InChI=1S/C13H12O4S/c1-8-10(9-5-3-2-4-6-9)7-11(14)12(15)13(8)18(16)17/h2-7,12,14-15H,1H3. The summed E-state index contributed by atoms with van der Waals surface area (Å²) in [5, 5.41) is 19.3. The molecule has 0 saturated heterocycles. The molecule has 0 aliphatic heterocycles. The fourth-order valence-electron chi connectivity index (χ4n) is 1.94. The minimum absolute atomic E-state index is 0.186. The molecular formula is C13H12O4S. The van der Waals surface area contributed by atoms with Crippen molar-refractivity contribution in [1.82, 2.24) is 0 Å². The van der Waals surface area contributed by atoms with Gasteiger partial charge >= 0.3 is 0 Å². The van der Waals surface area contributed by atoms with Crippen molar-refractivity contribution in [3.05, 3.63) is 53.3 Å². The normalized spacial score (nSPS) is 19.8. The van der Waals surface area contributed by atoms with Gasteiger partial charge in [0.25, 0.3) is 0 Å². The van der Waals surface area contributed by atoms with Gasteiger partial charge in [0.2, 0.25) is 10.3 Å². The van der Waals surface area contributed by atoms with Crippen molar-refractivity contribution < 1.29 is 18.6 Å². The van der Waals surface area contributed by atoms with Gasteiger partial charge in [0.1, 0.15) is 10.6 Å². The van der Waals surface area contributed by atoms with Gasteiger partial charge < -0.3 is 10.2 Å². The largest absolute Gasteiger partial charge is 0.509 e. The van der Waals surface area contributed by atoms with Gasteiger partial charge in [0.15, 0.2) is 6.10 Å². The Kier molecular flexibility index (Phi) is 3.36. The SMILES string of the molecule is CC1=C(c2ccccc2)C=C(O)C(O)C1=S(=O)=O. The zero-order valence-corrected chi connectivity index (χ0v) is 10.5. The molecule has 0 spiro atoms. The van der Waals surface area contributed by atoms with E-state index < -0.39 is 16.4 Å². The van der Waals surface area contributed by atoms with Crippen LogP contribution in [0.3, 0.4) is 0 Å². The van der Waals surface area contributed by atoms with E-state index in [0.29, 0.717) is 11.1 Å². The highest BCUT2D eigenvalue weighted by atomic mass is 32.2. The summed E-state index contributed by atoms with van der Waals surface area (Å²) in [4.78, 5) is -0.186. The molecule has 0 aromatic heterocycles. The van der Waals surface area contributed by atoms with Crippen LogP contribution in [-0.2, 0) is 10.3 Å². The van der Waals surface area contributed by atoms with Crippen LogP contribution in [0.1, 0.15) is 12.5 Å². The van der Waals surface area contributed by atoms with E-state index in [-0.39, 0.29) is 10.6 Å². The van der Waals surface area contributed by atoms with Crippen LogP contribution in [-0.4, -0.2) is 29.6 Å². The van der Waals surface area contributed by atoms with Crippen molar-refractivity contribution in [2.45, 2.75) is 13.0 Å². The molecule has 2 N–H and O–H groups in total. The zero-order chi connectivity index (χ0) is 13.3. The van der Waals surface area contributed by atoms with Gasteiger partial charge in [0, 0.05) is 0 Å². The van der Waals surface area contributed by atoms with Crippen LogP contribution in [0.15, 0.2) is 47.7 Å². The Balaban J connectivity index is 2.71.